The predicted octanol–water partition coefficient (Wildman–Crippen LogP) is 1.45. The van der Waals surface area contributed by atoms with Gasteiger partial charge in [-0.25, -0.2) is 9.59 Å². The summed E-state index contributed by atoms with van der Waals surface area (Å²) in [5, 5.41) is 79.0. The van der Waals surface area contributed by atoms with Gasteiger partial charge in [0.2, 0.25) is 94.5 Å². The zero-order valence-corrected chi connectivity index (χ0v) is 86.0. The van der Waals surface area contributed by atoms with Crippen LogP contribution in [0.1, 0.15) is 179 Å². The van der Waals surface area contributed by atoms with E-state index in [1.54, 1.807) is 96.3 Å². The number of carboxylic acid groups (broad SMARTS) is 3. The zero-order valence-electron chi connectivity index (χ0n) is 85.2. The molecule has 0 spiro atoms. The van der Waals surface area contributed by atoms with Gasteiger partial charge in [0.15, 0.2) is 6.61 Å². The fourth-order valence-corrected chi connectivity index (χ4v) is 18.1. The number of hydrogen-bond acceptors (Lipinski definition) is 24. The van der Waals surface area contributed by atoms with Crippen molar-refractivity contribution < 1.29 is 116 Å². The maximum Gasteiger partial charge on any atom is 0.341 e. The number of fused-ring (bicyclic) bond motifs is 1. The molecule has 148 heavy (non-hydrogen) atoms. The van der Waals surface area contributed by atoms with Crippen LogP contribution in [0, 0.1) is 29.6 Å². The first kappa shape index (κ1) is 119. The number of aromatic amines is 1. The van der Waals surface area contributed by atoms with Gasteiger partial charge in [-0.15, -0.1) is 11.8 Å². The van der Waals surface area contributed by atoms with Gasteiger partial charge < -0.3 is 127 Å². The van der Waals surface area contributed by atoms with Crippen LogP contribution in [0.4, 0.5) is 0 Å². The Morgan fingerprint density at radius 1 is 0.473 bits per heavy atom. The number of ether oxygens (including phenoxy) is 1. The number of aliphatic carboxylic acids is 2. The van der Waals surface area contributed by atoms with Gasteiger partial charge in [0.05, 0.1) is 23.8 Å². The van der Waals surface area contributed by atoms with Crippen LogP contribution in [0.25, 0.3) is 22.0 Å². The number of nitrogens with two attached hydrogens (primary N) is 3. The monoisotopic (exact) mass is 2070 g/mol. The van der Waals surface area contributed by atoms with Gasteiger partial charge in [-0.1, -0.05) is 185 Å². The third-order valence-electron chi connectivity index (χ3n) is 25.6. The van der Waals surface area contributed by atoms with E-state index in [0.717, 1.165) is 35.3 Å². The summed E-state index contributed by atoms with van der Waals surface area (Å²) in [6.45, 7) is 14.9. The number of rotatable bonds is 32. The molecule has 1 aliphatic carbocycles. The molecule has 2 aliphatic rings. The minimum Gasteiger partial charge on any atom is -0.482 e. The SMILES string of the molecule is CC(C)C[C@@H]1NC(=O)[C@H](Cc2c[nH]c3ccccc23)NC(=O)[C@H](CC(=O)O)NC(=O)[C@H](Cc2ccc(C(=O)O)cc2)NC(=O)[C@H](Cc2ccc(OCC(=O)O)cc2)NC(=O)CSC[C@@H](C(=O)N[C@@H](CCCN)C(N)=O)NC(=O)[C@H](C(C)C)NC(=O)[C@H]([C@@H](C)O)NC(=O)[C@H](CC2CCCCC2)NC(=O)[C@H](CCN)NC(=O)[C@@H](CC(C)C)NC(=O)[C@H](C)N(C)C(=O)[C@H](C(C)C)NC(=O)[C@H](Cc2ccc(-c3ccccc3)cc2)NC1=O. The molecule has 1 aliphatic heterocycles. The number of benzene rings is 5. The van der Waals surface area contributed by atoms with Crippen molar-refractivity contribution in [1.82, 2.24) is 84.3 Å². The summed E-state index contributed by atoms with van der Waals surface area (Å²) in [7, 11) is 1.30. The summed E-state index contributed by atoms with van der Waals surface area (Å²) in [6, 6.07) is 9.13. The van der Waals surface area contributed by atoms with E-state index < -0.39 is 271 Å². The molecular formula is C104H143N19O24S. The topological polar surface area (TPSA) is 680 Å². The van der Waals surface area contributed by atoms with Crippen molar-refractivity contribution >= 4 is 135 Å². The number of carbonyl (C=O) groups is 19. The number of nitrogens with one attached hydrogen (secondary N) is 15. The number of carbonyl (C=O) groups excluding carboxylic acids is 16. The van der Waals surface area contributed by atoms with Crippen molar-refractivity contribution in [3.8, 4) is 16.9 Å². The highest BCUT2D eigenvalue weighted by Gasteiger charge is 2.43. The van der Waals surface area contributed by atoms with Crippen molar-refractivity contribution in [3.05, 3.63) is 161 Å². The van der Waals surface area contributed by atoms with Crippen molar-refractivity contribution in [2.75, 3.05) is 38.2 Å². The third-order valence-corrected chi connectivity index (χ3v) is 26.6. The number of thioether (sulfide) groups is 1. The Morgan fingerprint density at radius 3 is 1.45 bits per heavy atom. The summed E-state index contributed by atoms with van der Waals surface area (Å²) in [6.07, 6.45) is 0.244. The molecule has 2 heterocycles. The van der Waals surface area contributed by atoms with Crippen LogP contribution in [0.15, 0.2) is 134 Å². The van der Waals surface area contributed by atoms with Crippen LogP contribution < -0.4 is 96.4 Å². The van der Waals surface area contributed by atoms with Crippen LogP contribution >= 0.6 is 11.8 Å². The molecule has 1 saturated heterocycles. The third kappa shape index (κ3) is 37.2. The van der Waals surface area contributed by atoms with Gasteiger partial charge in [0, 0.05) is 55.6 Å². The van der Waals surface area contributed by atoms with Gasteiger partial charge in [0.1, 0.15) is 96.4 Å². The minimum atomic E-state index is -2.15. The molecule has 0 radical (unpaired) electrons. The number of primary amides is 1. The molecule has 0 unspecified atom stereocenters. The highest BCUT2D eigenvalue weighted by molar-refractivity contribution is 8.00. The number of aliphatic hydroxyl groups is 1. The quantitative estimate of drug-likeness (QED) is 0.0284. The molecule has 8 rings (SSSR count). The lowest BCUT2D eigenvalue weighted by molar-refractivity contribution is -0.143. The molecule has 43 nitrogen and oxygen atoms in total. The fraction of sp³-hybridized carbons (Fsp3) is 0.510. The van der Waals surface area contributed by atoms with Gasteiger partial charge in [-0.3, -0.25) is 81.5 Å². The van der Waals surface area contributed by atoms with Crippen LogP contribution in [-0.2, 0) is 112 Å². The van der Waals surface area contributed by atoms with E-state index in [1.807, 2.05) is 30.3 Å². The molecule has 2 fully saturated rings. The molecular weight excluding hydrogens is 1930 g/mol. The second kappa shape index (κ2) is 58.2. The number of aliphatic hydroxyl groups excluding tert-OH is 1. The second-order valence-corrected chi connectivity index (χ2v) is 40.2. The Hall–Kier alpha value is -14.4. The summed E-state index contributed by atoms with van der Waals surface area (Å²) in [4.78, 5) is 280. The molecule has 16 atom stereocenters. The average Bonchev–Trinajstić information content (AvgIpc) is 1.44. The lowest BCUT2D eigenvalue weighted by atomic mass is 9.84. The van der Waals surface area contributed by atoms with E-state index in [2.05, 4.69) is 79.4 Å². The van der Waals surface area contributed by atoms with Crippen molar-refractivity contribution in [2.24, 2.45) is 46.8 Å². The second-order valence-electron chi connectivity index (χ2n) is 39.1. The van der Waals surface area contributed by atoms with Crippen molar-refractivity contribution in [1.29, 1.82) is 0 Å². The number of nitrogens with zero attached hydrogens (tertiary/aromatic N) is 1. The number of para-hydroxylation sites is 1. The van der Waals surface area contributed by atoms with E-state index in [-0.39, 0.29) is 92.3 Å². The number of amides is 16. The Bertz CT molecular complexity index is 5590. The maximum atomic E-state index is 15.6. The highest BCUT2D eigenvalue weighted by Crippen LogP contribution is 2.30. The van der Waals surface area contributed by atoms with E-state index in [0.29, 0.717) is 46.6 Å². The average molecular weight is 2080 g/mol. The molecule has 0 bridgehead atoms. The number of aromatic nitrogens is 1. The number of H-pyrrole nitrogens is 1. The van der Waals surface area contributed by atoms with Gasteiger partial charge in [-0.05, 0) is 159 Å². The standard InChI is InChI=1S/C104H143N19O24S/c1-55(2)43-74-92(133)111-73(40-42-106)91(132)114-78(45-61-21-14-12-15-22-61)99(140)122-88(60(10)124)102(143)120-86(57(5)6)101(142)119-82(100(141)110-72(89(107)130)27-20-41-105)53-148-54-83(125)109-76(46-64-32-38-69(39-33-64)147-52-85(128)129)94(135)115-77(47-63-30-36-67(37-31-63)104(145)146)95(136)118-81(50-84(126)127)97(138)117-80(49-68-51-108-71-26-19-18-25-70(68)71)96(137)113-75(44-56(3)4)93(134)116-79(48-62-28-34-66(35-29-62)65-23-16-13-17-24-65)98(139)121-87(58(7)8)103(144)123(11)59(9)90(131)112-74/h13,16-19,23-26,28-39,51,55-61,72-82,86-88,108,124H,12,14-15,20-22,27,40-50,52-54,105-106H2,1-11H3,(H2,107,130)(H,109,125)(H,110,141)(H,111,133)(H,112,131)(H,113,137)(H,114,132)(H,115,135)(H,116,134)(H,117,138)(H,118,136)(H,119,142)(H,120,143)(H,121,139)(H,122,140)(H,126,127)(H,128,129)(H,145,146)/t59-,60+,72-,73-,74+,75-,76-,77-,78-,79-,80-,81-,82-,86-,87-,88-/m0/s1. The summed E-state index contributed by atoms with van der Waals surface area (Å²) >= 11 is 0.682. The smallest absolute Gasteiger partial charge is 0.341 e. The zero-order chi connectivity index (χ0) is 109. The maximum absolute atomic E-state index is 15.6. The fourth-order valence-electron chi connectivity index (χ4n) is 17.2. The Labute approximate surface area is 863 Å². The molecule has 25 N–H and O–H groups in total. The lowest BCUT2D eigenvalue weighted by Crippen LogP contribution is -2.63. The molecule has 804 valence electrons. The van der Waals surface area contributed by atoms with Crippen molar-refractivity contribution in [2.45, 2.75) is 269 Å². The van der Waals surface area contributed by atoms with E-state index >= 15 is 33.6 Å². The number of hydrogen-bond donors (Lipinski definition) is 22. The summed E-state index contributed by atoms with van der Waals surface area (Å²) in [5.74, 6) is -24.4. The minimum absolute atomic E-state index is 0.0110. The Balaban J connectivity index is 1.24. The summed E-state index contributed by atoms with van der Waals surface area (Å²) in [5.41, 5.74) is 21.0. The first-order valence-electron chi connectivity index (χ1n) is 49.8. The Kier molecular flexibility index (Phi) is 46.7. The predicted molar refractivity (Wildman–Crippen MR) is 549 cm³/mol. The molecule has 1 saturated carbocycles. The van der Waals surface area contributed by atoms with E-state index in [1.165, 1.54) is 83.3 Å². The molecule has 44 heteroatoms. The summed E-state index contributed by atoms with van der Waals surface area (Å²) < 4.78 is 5.34. The number of aromatic carboxylic acids is 1. The number of likely N-dealkylation sites (N-methyl/N-ethyl adjacent to an activating group) is 1. The van der Waals surface area contributed by atoms with E-state index in [9.17, 15) is 78.0 Å². The Morgan fingerprint density at radius 2 is 0.926 bits per heavy atom. The van der Waals surface area contributed by atoms with E-state index in [4.69, 9.17) is 21.9 Å². The molecule has 6 aromatic rings. The molecule has 1 aromatic heterocycles. The van der Waals surface area contributed by atoms with Gasteiger partial charge in [0.25, 0.3) is 0 Å². The first-order chi connectivity index (χ1) is 70.2. The van der Waals surface area contributed by atoms with Gasteiger partial charge >= 0.3 is 17.9 Å². The number of carboxylic acids is 3. The lowest BCUT2D eigenvalue weighted by Gasteiger charge is -2.33. The van der Waals surface area contributed by atoms with Crippen molar-refractivity contribution in [3.63, 3.8) is 0 Å². The normalized spacial score (nSPS) is 23.3. The highest BCUT2D eigenvalue weighted by atomic mass is 32.2. The molecule has 16 amide bonds. The largest absolute Gasteiger partial charge is 0.482 e. The van der Waals surface area contributed by atoms with Crippen LogP contribution in [-0.4, -0.2) is 278 Å². The first-order valence-corrected chi connectivity index (χ1v) is 51.0. The van der Waals surface area contributed by atoms with Crippen LogP contribution in [0.2, 0.25) is 0 Å². The van der Waals surface area contributed by atoms with Gasteiger partial charge in [-0.2, -0.15) is 0 Å². The van der Waals surface area contributed by atoms with Crippen LogP contribution in [0.5, 0.6) is 5.75 Å². The van der Waals surface area contributed by atoms with Crippen LogP contribution in [0.3, 0.4) is 0 Å². The molecule has 5 aromatic carbocycles.